The molecular weight excluding hydrogens is 324 g/mol. The number of rotatable bonds is 4. The van der Waals surface area contributed by atoms with Gasteiger partial charge in [-0.2, -0.15) is 0 Å². The lowest BCUT2D eigenvalue weighted by Crippen LogP contribution is -2.39. The fourth-order valence-corrected chi connectivity index (χ4v) is 4.67. The lowest BCUT2D eigenvalue weighted by atomic mass is 9.81. The first-order valence-electron chi connectivity index (χ1n) is 8.44. The van der Waals surface area contributed by atoms with Crippen LogP contribution in [0.25, 0.3) is 0 Å². The molecule has 1 aromatic rings. The highest BCUT2D eigenvalue weighted by molar-refractivity contribution is 6.09. The zero-order chi connectivity index (χ0) is 17.7. The predicted molar refractivity (Wildman–Crippen MR) is 86.6 cm³/mol. The van der Waals surface area contributed by atoms with Crippen molar-refractivity contribution in [2.75, 3.05) is 11.9 Å². The summed E-state index contributed by atoms with van der Waals surface area (Å²) in [6, 6.07) is 5.71. The van der Waals surface area contributed by atoms with Gasteiger partial charge in [0.2, 0.25) is 17.7 Å². The van der Waals surface area contributed by atoms with Gasteiger partial charge in [-0.1, -0.05) is 0 Å². The zero-order valence-electron chi connectivity index (χ0n) is 13.5. The van der Waals surface area contributed by atoms with E-state index >= 15 is 0 Å². The van der Waals surface area contributed by atoms with Gasteiger partial charge in [0.25, 0.3) is 0 Å². The van der Waals surface area contributed by atoms with Crippen molar-refractivity contribution < 1.29 is 24.3 Å². The summed E-state index contributed by atoms with van der Waals surface area (Å²) in [5.74, 6) is -1.80. The van der Waals surface area contributed by atoms with Crippen molar-refractivity contribution in [2.45, 2.75) is 19.3 Å². The number of amides is 3. The first kappa shape index (κ1) is 15.8. The van der Waals surface area contributed by atoms with Gasteiger partial charge in [0.1, 0.15) is 6.54 Å². The average Bonchev–Trinajstić information content (AvgIpc) is 3.25. The number of carbonyl (C=O) groups excluding carboxylic acids is 3. The fourth-order valence-electron chi connectivity index (χ4n) is 4.67. The van der Waals surface area contributed by atoms with E-state index in [4.69, 9.17) is 5.11 Å². The van der Waals surface area contributed by atoms with E-state index in [0.29, 0.717) is 17.5 Å². The smallest absolute Gasteiger partial charge is 0.335 e. The van der Waals surface area contributed by atoms with Crippen LogP contribution in [0.5, 0.6) is 0 Å². The van der Waals surface area contributed by atoms with Crippen LogP contribution < -0.4 is 5.32 Å². The predicted octanol–water partition coefficient (Wildman–Crippen LogP) is 1.35. The maximum absolute atomic E-state index is 12.6. The van der Waals surface area contributed by atoms with Gasteiger partial charge in [0, 0.05) is 5.69 Å². The summed E-state index contributed by atoms with van der Waals surface area (Å²) in [4.78, 5) is 49.2. The number of hydrogen-bond donors (Lipinski definition) is 2. The van der Waals surface area contributed by atoms with Gasteiger partial charge in [-0.3, -0.25) is 19.3 Å². The first-order chi connectivity index (χ1) is 12.0. The Morgan fingerprint density at radius 3 is 2.12 bits per heavy atom. The van der Waals surface area contributed by atoms with Crippen LogP contribution in [-0.2, 0) is 14.4 Å². The van der Waals surface area contributed by atoms with E-state index in [9.17, 15) is 19.2 Å². The minimum Gasteiger partial charge on any atom is -0.478 e. The number of anilines is 1. The van der Waals surface area contributed by atoms with E-state index in [-0.39, 0.29) is 35.8 Å². The van der Waals surface area contributed by atoms with Crippen molar-refractivity contribution in [3.05, 3.63) is 29.8 Å². The number of carboxylic acid groups (broad SMARTS) is 1. The molecule has 0 unspecified atom stereocenters. The molecule has 7 heteroatoms. The average molecular weight is 342 g/mol. The normalized spacial score (nSPS) is 29.8. The summed E-state index contributed by atoms with van der Waals surface area (Å²) < 4.78 is 0. The Bertz CT molecular complexity index is 744. The largest absolute Gasteiger partial charge is 0.478 e. The van der Waals surface area contributed by atoms with E-state index in [1.54, 1.807) is 0 Å². The molecule has 3 amide bonds. The molecular formula is C18H18N2O5. The summed E-state index contributed by atoms with van der Waals surface area (Å²) in [6.07, 6.45) is 2.96. The lowest BCUT2D eigenvalue weighted by Gasteiger charge is -2.19. The molecule has 1 saturated heterocycles. The summed E-state index contributed by atoms with van der Waals surface area (Å²) in [5.41, 5.74) is 0.542. The molecule has 4 atom stereocenters. The number of benzene rings is 1. The molecule has 7 nitrogen and oxygen atoms in total. The highest BCUT2D eigenvalue weighted by Crippen LogP contribution is 2.56. The van der Waals surface area contributed by atoms with E-state index in [0.717, 1.165) is 24.2 Å². The van der Waals surface area contributed by atoms with Crippen LogP contribution in [0.15, 0.2) is 24.3 Å². The van der Waals surface area contributed by atoms with Gasteiger partial charge >= 0.3 is 5.97 Å². The number of fused-ring (bicyclic) bond motifs is 5. The Kier molecular flexibility index (Phi) is 3.59. The lowest BCUT2D eigenvalue weighted by molar-refractivity contribution is -0.143. The van der Waals surface area contributed by atoms with Gasteiger partial charge in [-0.15, -0.1) is 0 Å². The third-order valence-corrected chi connectivity index (χ3v) is 5.74. The fraction of sp³-hybridized carbons (Fsp3) is 0.444. The highest BCUT2D eigenvalue weighted by atomic mass is 16.4. The third kappa shape index (κ3) is 2.50. The Hall–Kier alpha value is -2.70. The Balaban J connectivity index is 1.42. The van der Waals surface area contributed by atoms with Gasteiger partial charge in [-0.25, -0.2) is 4.79 Å². The molecule has 130 valence electrons. The monoisotopic (exact) mass is 342 g/mol. The molecule has 25 heavy (non-hydrogen) atoms. The van der Waals surface area contributed by atoms with Crippen molar-refractivity contribution >= 4 is 29.4 Å². The molecule has 0 spiro atoms. The quantitative estimate of drug-likeness (QED) is 0.804. The number of imide groups is 1. The maximum Gasteiger partial charge on any atom is 0.335 e. The van der Waals surface area contributed by atoms with E-state index < -0.39 is 11.9 Å². The minimum atomic E-state index is -1.05. The standard InChI is InChI=1S/C18H18N2O5/c21-13(19-12-5-3-9(4-6-12)18(24)25)8-20-16(22)14-10-1-2-11(7-10)15(14)17(20)23/h3-6,10-11,14-15H,1-2,7-8H2,(H,19,21)(H,24,25)/t10-,11+,14-,15-/m0/s1. The molecule has 1 aliphatic heterocycles. The summed E-state index contributed by atoms with van der Waals surface area (Å²) in [6.45, 7) is -0.287. The molecule has 1 heterocycles. The maximum atomic E-state index is 12.6. The molecule has 0 radical (unpaired) electrons. The zero-order valence-corrected chi connectivity index (χ0v) is 13.5. The summed E-state index contributed by atoms with van der Waals surface area (Å²) >= 11 is 0. The molecule has 1 aromatic carbocycles. The summed E-state index contributed by atoms with van der Waals surface area (Å²) in [5, 5.41) is 11.5. The molecule has 2 saturated carbocycles. The first-order valence-corrected chi connectivity index (χ1v) is 8.44. The van der Waals surface area contributed by atoms with Gasteiger partial charge in [0.15, 0.2) is 0 Å². The highest BCUT2D eigenvalue weighted by Gasteiger charge is 2.60. The van der Waals surface area contributed by atoms with Crippen LogP contribution in [0.1, 0.15) is 29.6 Å². The number of nitrogens with zero attached hydrogens (tertiary/aromatic N) is 1. The van der Waals surface area contributed by atoms with Crippen LogP contribution >= 0.6 is 0 Å². The molecule has 0 aromatic heterocycles. The van der Waals surface area contributed by atoms with Crippen LogP contribution in [0.4, 0.5) is 5.69 Å². The number of nitrogens with one attached hydrogen (secondary N) is 1. The molecule has 2 aliphatic carbocycles. The van der Waals surface area contributed by atoms with Gasteiger partial charge in [0.05, 0.1) is 17.4 Å². The second kappa shape index (κ2) is 5.68. The van der Waals surface area contributed by atoms with E-state index in [1.165, 1.54) is 24.3 Å². The SMILES string of the molecule is O=C(CN1C(=O)[C@H]2[C@@H]3CC[C@@H](C3)[C@@H]2C1=O)Nc1ccc(C(=O)O)cc1. The third-order valence-electron chi connectivity index (χ3n) is 5.74. The Morgan fingerprint density at radius 2 is 1.60 bits per heavy atom. The van der Waals surface area contributed by atoms with Crippen LogP contribution in [0, 0.1) is 23.7 Å². The van der Waals surface area contributed by atoms with Crippen LogP contribution in [0.3, 0.4) is 0 Å². The molecule has 4 rings (SSSR count). The van der Waals surface area contributed by atoms with Gasteiger partial charge < -0.3 is 10.4 Å². The number of hydrogen-bond acceptors (Lipinski definition) is 4. The molecule has 2 bridgehead atoms. The number of aromatic carboxylic acids is 1. The second-order valence-electron chi connectivity index (χ2n) is 7.08. The van der Waals surface area contributed by atoms with Crippen molar-refractivity contribution in [3.8, 4) is 0 Å². The van der Waals surface area contributed by atoms with Crippen molar-refractivity contribution in [3.63, 3.8) is 0 Å². The van der Waals surface area contributed by atoms with Crippen molar-refractivity contribution in [2.24, 2.45) is 23.7 Å². The summed E-state index contributed by atoms with van der Waals surface area (Å²) in [7, 11) is 0. The van der Waals surface area contributed by atoms with Crippen molar-refractivity contribution in [1.82, 2.24) is 4.90 Å². The molecule has 3 fully saturated rings. The van der Waals surface area contributed by atoms with E-state index in [2.05, 4.69) is 5.32 Å². The Labute approximate surface area is 144 Å². The van der Waals surface area contributed by atoms with Crippen LogP contribution in [-0.4, -0.2) is 40.2 Å². The Morgan fingerprint density at radius 1 is 1.04 bits per heavy atom. The number of likely N-dealkylation sites (tertiary alicyclic amines) is 1. The molecule has 2 N–H and O–H groups in total. The van der Waals surface area contributed by atoms with Crippen LogP contribution in [0.2, 0.25) is 0 Å². The number of carbonyl (C=O) groups is 4. The molecule has 3 aliphatic rings. The number of carboxylic acids is 1. The van der Waals surface area contributed by atoms with Gasteiger partial charge in [-0.05, 0) is 55.4 Å². The minimum absolute atomic E-state index is 0.117. The second-order valence-corrected chi connectivity index (χ2v) is 7.08. The topological polar surface area (TPSA) is 104 Å². The van der Waals surface area contributed by atoms with Crippen molar-refractivity contribution in [1.29, 1.82) is 0 Å². The van der Waals surface area contributed by atoms with E-state index in [1.807, 2.05) is 0 Å².